The van der Waals surface area contributed by atoms with Crippen molar-refractivity contribution in [1.29, 1.82) is 0 Å². The Morgan fingerprint density at radius 1 is 1.40 bits per heavy atom. The molecule has 0 unspecified atom stereocenters. The Kier molecular flexibility index (Phi) is 3.37. The maximum atomic E-state index is 5.34. The predicted octanol–water partition coefficient (Wildman–Crippen LogP) is 2.47. The summed E-state index contributed by atoms with van der Waals surface area (Å²) in [7, 11) is 1.95. The van der Waals surface area contributed by atoms with Crippen molar-refractivity contribution in [3.8, 4) is 11.5 Å². The van der Waals surface area contributed by atoms with E-state index in [2.05, 4.69) is 22.2 Å². The van der Waals surface area contributed by atoms with Crippen LogP contribution in [0.25, 0.3) is 11.5 Å². The maximum absolute atomic E-state index is 5.34. The average Bonchev–Trinajstić information content (AvgIpc) is 3.16. The molecule has 6 heteroatoms. The van der Waals surface area contributed by atoms with Gasteiger partial charge in [-0.3, -0.25) is 0 Å². The Bertz CT molecular complexity index is 667. The smallest absolute Gasteiger partial charge is 0.161 e. The van der Waals surface area contributed by atoms with E-state index >= 15 is 0 Å². The maximum Gasteiger partial charge on any atom is 0.161 e. The lowest BCUT2D eigenvalue weighted by atomic mass is 10.1. The van der Waals surface area contributed by atoms with E-state index < -0.39 is 0 Å². The van der Waals surface area contributed by atoms with Crippen molar-refractivity contribution in [3.05, 3.63) is 42.7 Å². The van der Waals surface area contributed by atoms with Gasteiger partial charge in [-0.15, -0.1) is 5.10 Å². The van der Waals surface area contributed by atoms with Crippen molar-refractivity contribution in [2.24, 2.45) is 7.05 Å². The van der Waals surface area contributed by atoms with Crippen LogP contribution in [0.2, 0.25) is 0 Å². The molecule has 0 radical (unpaired) electrons. The summed E-state index contributed by atoms with van der Waals surface area (Å²) in [6, 6.07) is 4.17. The van der Waals surface area contributed by atoms with E-state index in [0.717, 1.165) is 30.1 Å². The summed E-state index contributed by atoms with van der Waals surface area (Å²) in [6.45, 7) is 2.12. The monoisotopic (exact) mass is 271 g/mol. The van der Waals surface area contributed by atoms with Gasteiger partial charge < -0.3 is 8.98 Å². The van der Waals surface area contributed by atoms with Crippen LogP contribution in [-0.4, -0.2) is 24.5 Å². The summed E-state index contributed by atoms with van der Waals surface area (Å²) in [6.07, 6.45) is 9.15. The van der Waals surface area contributed by atoms with E-state index in [1.807, 2.05) is 40.8 Å². The molecule has 0 aromatic carbocycles. The SMILES string of the molecule is C[C@H](CCc1ccco1)n1cc(-c2nccn2C)nn1. The number of hydrogen-bond acceptors (Lipinski definition) is 4. The third kappa shape index (κ3) is 2.49. The molecule has 104 valence electrons. The summed E-state index contributed by atoms with van der Waals surface area (Å²) >= 11 is 0. The average molecular weight is 271 g/mol. The molecule has 3 heterocycles. The van der Waals surface area contributed by atoms with Crippen LogP contribution in [0.5, 0.6) is 0 Å². The van der Waals surface area contributed by atoms with Gasteiger partial charge in [0.2, 0.25) is 0 Å². The Hall–Kier alpha value is -2.37. The van der Waals surface area contributed by atoms with Crippen LogP contribution in [0.15, 0.2) is 41.4 Å². The highest BCUT2D eigenvalue weighted by atomic mass is 16.3. The van der Waals surface area contributed by atoms with Crippen molar-refractivity contribution in [1.82, 2.24) is 24.5 Å². The van der Waals surface area contributed by atoms with E-state index in [0.29, 0.717) is 0 Å². The van der Waals surface area contributed by atoms with Gasteiger partial charge in [0, 0.05) is 25.9 Å². The number of aromatic nitrogens is 5. The Labute approximate surface area is 117 Å². The third-order valence-corrected chi connectivity index (χ3v) is 3.40. The van der Waals surface area contributed by atoms with Crippen molar-refractivity contribution in [2.75, 3.05) is 0 Å². The summed E-state index contributed by atoms with van der Waals surface area (Å²) in [5.41, 5.74) is 0.794. The number of rotatable bonds is 5. The second-order valence-electron chi connectivity index (χ2n) is 4.91. The molecule has 0 aliphatic heterocycles. The molecule has 0 amide bonds. The molecule has 6 nitrogen and oxygen atoms in total. The minimum Gasteiger partial charge on any atom is -0.469 e. The number of imidazole rings is 1. The number of nitrogens with zero attached hydrogens (tertiary/aromatic N) is 5. The number of furan rings is 1. The Morgan fingerprint density at radius 3 is 3.00 bits per heavy atom. The second kappa shape index (κ2) is 5.32. The lowest BCUT2D eigenvalue weighted by Crippen LogP contribution is -2.07. The van der Waals surface area contributed by atoms with Gasteiger partial charge in [0.25, 0.3) is 0 Å². The topological polar surface area (TPSA) is 61.7 Å². The van der Waals surface area contributed by atoms with Gasteiger partial charge in [-0.05, 0) is 25.5 Å². The summed E-state index contributed by atoms with van der Waals surface area (Å²) in [5.74, 6) is 1.83. The number of hydrogen-bond donors (Lipinski definition) is 0. The molecule has 0 aliphatic carbocycles. The molecule has 0 saturated heterocycles. The lowest BCUT2D eigenvalue weighted by molar-refractivity contribution is 0.420. The molecule has 0 N–H and O–H groups in total. The van der Waals surface area contributed by atoms with Crippen LogP contribution in [0, 0.1) is 0 Å². The van der Waals surface area contributed by atoms with E-state index in [9.17, 15) is 0 Å². The molecule has 3 aromatic rings. The fourth-order valence-electron chi connectivity index (χ4n) is 2.15. The second-order valence-corrected chi connectivity index (χ2v) is 4.91. The summed E-state index contributed by atoms with van der Waals surface area (Å²) in [5, 5.41) is 8.39. The molecule has 3 aromatic heterocycles. The van der Waals surface area contributed by atoms with Gasteiger partial charge in [-0.2, -0.15) is 0 Å². The molecule has 0 saturated carbocycles. The lowest BCUT2D eigenvalue weighted by Gasteiger charge is -2.09. The summed E-state index contributed by atoms with van der Waals surface area (Å²) < 4.78 is 9.16. The first-order valence-electron chi connectivity index (χ1n) is 6.66. The first-order chi connectivity index (χ1) is 9.74. The highest BCUT2D eigenvalue weighted by Gasteiger charge is 2.12. The molecular formula is C14H17N5O. The van der Waals surface area contributed by atoms with Crippen molar-refractivity contribution < 1.29 is 4.42 Å². The molecule has 0 aliphatic rings. The molecule has 0 bridgehead atoms. The zero-order valence-electron chi connectivity index (χ0n) is 11.6. The van der Waals surface area contributed by atoms with Crippen molar-refractivity contribution in [3.63, 3.8) is 0 Å². The fraction of sp³-hybridized carbons (Fsp3) is 0.357. The first kappa shape index (κ1) is 12.7. The van der Waals surface area contributed by atoms with Crippen LogP contribution in [0.4, 0.5) is 0 Å². The Morgan fingerprint density at radius 2 is 2.30 bits per heavy atom. The van der Waals surface area contributed by atoms with Crippen LogP contribution < -0.4 is 0 Å². The third-order valence-electron chi connectivity index (χ3n) is 3.40. The largest absolute Gasteiger partial charge is 0.469 e. The fourth-order valence-corrected chi connectivity index (χ4v) is 2.15. The molecule has 20 heavy (non-hydrogen) atoms. The highest BCUT2D eigenvalue weighted by molar-refractivity contribution is 5.47. The quantitative estimate of drug-likeness (QED) is 0.715. The summed E-state index contributed by atoms with van der Waals surface area (Å²) in [4.78, 5) is 4.28. The highest BCUT2D eigenvalue weighted by Crippen LogP contribution is 2.18. The van der Waals surface area contributed by atoms with Gasteiger partial charge in [0.1, 0.15) is 11.5 Å². The van der Waals surface area contributed by atoms with Gasteiger partial charge in [-0.1, -0.05) is 5.21 Å². The number of aryl methyl sites for hydroxylation is 2. The first-order valence-corrected chi connectivity index (χ1v) is 6.66. The van der Waals surface area contributed by atoms with E-state index in [1.165, 1.54) is 0 Å². The van der Waals surface area contributed by atoms with Gasteiger partial charge >= 0.3 is 0 Å². The van der Waals surface area contributed by atoms with Crippen molar-refractivity contribution in [2.45, 2.75) is 25.8 Å². The molecular weight excluding hydrogens is 254 g/mol. The minimum absolute atomic E-state index is 0.265. The normalized spacial score (nSPS) is 12.7. The Balaban J connectivity index is 1.68. The van der Waals surface area contributed by atoms with Gasteiger partial charge in [0.05, 0.1) is 18.5 Å². The van der Waals surface area contributed by atoms with Crippen molar-refractivity contribution >= 4 is 0 Å². The van der Waals surface area contributed by atoms with Crippen LogP contribution in [0.3, 0.4) is 0 Å². The zero-order chi connectivity index (χ0) is 13.9. The molecule has 0 fully saturated rings. The van der Waals surface area contributed by atoms with Crippen LogP contribution in [-0.2, 0) is 13.5 Å². The van der Waals surface area contributed by atoms with Gasteiger partial charge in [0.15, 0.2) is 5.82 Å². The van der Waals surface area contributed by atoms with E-state index in [-0.39, 0.29) is 6.04 Å². The molecule has 0 spiro atoms. The molecule has 3 rings (SSSR count). The van der Waals surface area contributed by atoms with Crippen LogP contribution in [0.1, 0.15) is 25.1 Å². The zero-order valence-corrected chi connectivity index (χ0v) is 11.6. The van der Waals surface area contributed by atoms with E-state index in [1.54, 1.807) is 12.5 Å². The predicted molar refractivity (Wildman–Crippen MR) is 74.0 cm³/mol. The van der Waals surface area contributed by atoms with E-state index in [4.69, 9.17) is 4.42 Å². The molecule has 1 atom stereocenters. The standard InChI is InChI=1S/C14H17N5O/c1-11(5-6-12-4-3-9-20-12)19-10-13(16-17-19)14-15-7-8-18(14)2/h3-4,7-11H,5-6H2,1-2H3/t11-/m1/s1. The van der Waals surface area contributed by atoms with Gasteiger partial charge in [-0.25, -0.2) is 9.67 Å². The minimum atomic E-state index is 0.265. The van der Waals surface area contributed by atoms with Crippen LogP contribution >= 0.6 is 0 Å².